The molecule has 0 aliphatic carbocycles. The third kappa shape index (κ3) is 3.88. The molecule has 112 valence electrons. The van der Waals surface area contributed by atoms with Crippen LogP contribution in [-0.4, -0.2) is 25.0 Å². The number of hydrogen-bond donors (Lipinski definition) is 1. The zero-order valence-corrected chi connectivity index (χ0v) is 13.7. The van der Waals surface area contributed by atoms with Gasteiger partial charge in [-0.1, -0.05) is 32.9 Å². The summed E-state index contributed by atoms with van der Waals surface area (Å²) in [5.74, 6) is 0. The number of aliphatic hydroxyl groups excluding tert-OH is 1. The van der Waals surface area contributed by atoms with E-state index in [0.717, 1.165) is 0 Å². The van der Waals surface area contributed by atoms with Gasteiger partial charge in [-0.25, -0.2) is 0 Å². The second-order valence-corrected chi connectivity index (χ2v) is 11.2. The lowest BCUT2D eigenvalue weighted by Crippen LogP contribution is -2.41. The van der Waals surface area contributed by atoms with Crippen LogP contribution >= 0.6 is 0 Å². The highest BCUT2D eigenvalue weighted by Gasteiger charge is 2.37. The van der Waals surface area contributed by atoms with E-state index in [1.165, 1.54) is 6.07 Å². The average molecular weight is 297 g/mol. The molecular formula is C14H23NO4Si. The van der Waals surface area contributed by atoms with Gasteiger partial charge in [0.05, 0.1) is 17.1 Å². The second kappa shape index (κ2) is 6.03. The Morgan fingerprint density at radius 3 is 2.40 bits per heavy atom. The van der Waals surface area contributed by atoms with E-state index in [-0.39, 0.29) is 17.3 Å². The molecule has 20 heavy (non-hydrogen) atoms. The van der Waals surface area contributed by atoms with E-state index in [1.54, 1.807) is 18.2 Å². The minimum atomic E-state index is -1.97. The van der Waals surface area contributed by atoms with Crippen molar-refractivity contribution in [3.05, 3.63) is 39.9 Å². The summed E-state index contributed by atoms with van der Waals surface area (Å²) in [4.78, 5) is 10.5. The van der Waals surface area contributed by atoms with Crippen LogP contribution in [0.4, 0.5) is 5.69 Å². The van der Waals surface area contributed by atoms with Gasteiger partial charge in [-0.05, 0) is 24.2 Å². The second-order valence-electron chi connectivity index (χ2n) is 6.40. The van der Waals surface area contributed by atoms with E-state index in [2.05, 4.69) is 33.9 Å². The van der Waals surface area contributed by atoms with Gasteiger partial charge in [0.25, 0.3) is 5.69 Å². The molecule has 1 unspecified atom stereocenters. The Morgan fingerprint density at radius 1 is 1.35 bits per heavy atom. The fourth-order valence-electron chi connectivity index (χ4n) is 1.53. The molecule has 0 saturated carbocycles. The molecule has 0 aromatic heterocycles. The molecule has 0 heterocycles. The predicted molar refractivity (Wildman–Crippen MR) is 81.2 cm³/mol. The zero-order valence-electron chi connectivity index (χ0n) is 12.7. The number of nitrogens with zero attached hydrogens (tertiary/aromatic N) is 1. The lowest BCUT2D eigenvalue weighted by Gasteiger charge is -2.36. The molecule has 0 saturated heterocycles. The Kier molecular flexibility index (Phi) is 5.07. The van der Waals surface area contributed by atoms with Crippen molar-refractivity contribution in [2.75, 3.05) is 6.61 Å². The first kappa shape index (κ1) is 16.8. The van der Waals surface area contributed by atoms with E-state index < -0.39 is 19.3 Å². The van der Waals surface area contributed by atoms with Gasteiger partial charge in [-0.2, -0.15) is 0 Å². The van der Waals surface area contributed by atoms with Crippen LogP contribution in [0.5, 0.6) is 0 Å². The van der Waals surface area contributed by atoms with Gasteiger partial charge in [-0.15, -0.1) is 0 Å². The van der Waals surface area contributed by atoms with Crippen molar-refractivity contribution in [1.82, 2.24) is 0 Å². The van der Waals surface area contributed by atoms with Crippen LogP contribution in [0.3, 0.4) is 0 Å². The first-order valence-corrected chi connectivity index (χ1v) is 9.52. The lowest BCUT2D eigenvalue weighted by atomic mass is 10.1. The van der Waals surface area contributed by atoms with Crippen LogP contribution in [0.15, 0.2) is 24.3 Å². The molecule has 1 atom stereocenters. The van der Waals surface area contributed by atoms with E-state index in [4.69, 9.17) is 4.43 Å². The normalized spacial score (nSPS) is 14.1. The summed E-state index contributed by atoms with van der Waals surface area (Å²) in [5, 5.41) is 21.2. The zero-order chi connectivity index (χ0) is 15.6. The van der Waals surface area contributed by atoms with Crippen molar-refractivity contribution < 1.29 is 14.5 Å². The summed E-state index contributed by atoms with van der Waals surface area (Å²) >= 11 is 0. The molecule has 0 spiro atoms. The molecule has 1 aromatic rings. The predicted octanol–water partition coefficient (Wildman–Crippen LogP) is 3.65. The molecular weight excluding hydrogens is 274 g/mol. The number of rotatable bonds is 5. The van der Waals surface area contributed by atoms with E-state index >= 15 is 0 Å². The molecule has 0 amide bonds. The van der Waals surface area contributed by atoms with Crippen LogP contribution in [0.1, 0.15) is 32.4 Å². The monoisotopic (exact) mass is 297 g/mol. The first-order valence-electron chi connectivity index (χ1n) is 6.61. The van der Waals surface area contributed by atoms with Crippen molar-refractivity contribution in [3.63, 3.8) is 0 Å². The number of nitro groups is 1. The molecule has 0 radical (unpaired) electrons. The number of para-hydroxylation sites is 1. The summed E-state index contributed by atoms with van der Waals surface area (Å²) in [6.07, 6.45) is -0.981. The smallest absolute Gasteiger partial charge is 0.275 e. The third-order valence-electron chi connectivity index (χ3n) is 3.90. The lowest BCUT2D eigenvalue weighted by molar-refractivity contribution is -0.386. The maximum absolute atomic E-state index is 10.9. The summed E-state index contributed by atoms with van der Waals surface area (Å²) in [6.45, 7) is 10.6. The van der Waals surface area contributed by atoms with Gasteiger partial charge >= 0.3 is 0 Å². The van der Waals surface area contributed by atoms with Crippen LogP contribution < -0.4 is 0 Å². The Balaban J connectivity index is 2.83. The van der Waals surface area contributed by atoms with Crippen molar-refractivity contribution >= 4 is 14.0 Å². The van der Waals surface area contributed by atoms with Crippen molar-refractivity contribution in [2.24, 2.45) is 0 Å². The van der Waals surface area contributed by atoms with E-state index in [9.17, 15) is 15.2 Å². The van der Waals surface area contributed by atoms with E-state index in [1.807, 2.05) is 0 Å². The van der Waals surface area contributed by atoms with Gasteiger partial charge in [0.15, 0.2) is 8.32 Å². The molecule has 1 N–H and O–H groups in total. The highest BCUT2D eigenvalue weighted by molar-refractivity contribution is 6.74. The van der Waals surface area contributed by atoms with Gasteiger partial charge in [0.1, 0.15) is 6.10 Å². The largest absolute Gasteiger partial charge is 0.414 e. The summed E-state index contributed by atoms with van der Waals surface area (Å²) in [5.41, 5.74) is 0.232. The van der Waals surface area contributed by atoms with Crippen molar-refractivity contribution in [2.45, 2.75) is 45.0 Å². The summed E-state index contributed by atoms with van der Waals surface area (Å²) in [6, 6.07) is 6.23. The number of hydrogen-bond acceptors (Lipinski definition) is 4. The van der Waals surface area contributed by atoms with Gasteiger partial charge < -0.3 is 9.53 Å². The quantitative estimate of drug-likeness (QED) is 0.511. The number of benzene rings is 1. The highest BCUT2D eigenvalue weighted by atomic mass is 28.4. The number of aliphatic hydroxyl groups is 1. The summed E-state index contributed by atoms with van der Waals surface area (Å²) < 4.78 is 5.91. The Morgan fingerprint density at radius 2 is 1.90 bits per heavy atom. The Bertz CT molecular complexity index is 482. The van der Waals surface area contributed by atoms with Crippen molar-refractivity contribution in [1.29, 1.82) is 0 Å². The van der Waals surface area contributed by atoms with Crippen LogP contribution in [-0.2, 0) is 4.43 Å². The van der Waals surface area contributed by atoms with Crippen LogP contribution in [0, 0.1) is 10.1 Å². The maximum atomic E-state index is 10.9. The Labute approximate surface area is 120 Å². The fraction of sp³-hybridized carbons (Fsp3) is 0.571. The molecule has 1 aromatic carbocycles. The van der Waals surface area contributed by atoms with E-state index in [0.29, 0.717) is 5.56 Å². The maximum Gasteiger partial charge on any atom is 0.275 e. The molecule has 0 aliphatic rings. The first-order chi connectivity index (χ1) is 9.06. The summed E-state index contributed by atoms with van der Waals surface area (Å²) in [7, 11) is -1.97. The minimum Gasteiger partial charge on any atom is -0.414 e. The molecule has 1 rings (SSSR count). The topological polar surface area (TPSA) is 72.6 Å². The SMILES string of the molecule is CC(C)(C)[Si](C)(C)OCC(O)c1ccccc1[N+](=O)[O-]. The average Bonchev–Trinajstić information content (AvgIpc) is 2.34. The minimum absolute atomic E-state index is 0.0370. The Hall–Kier alpha value is -1.24. The molecule has 5 nitrogen and oxygen atoms in total. The molecule has 6 heteroatoms. The van der Waals surface area contributed by atoms with Crippen LogP contribution in [0.2, 0.25) is 18.1 Å². The molecule has 0 bridgehead atoms. The third-order valence-corrected chi connectivity index (χ3v) is 8.40. The standard InChI is InChI=1S/C14H23NO4Si/c1-14(2,3)20(4,5)19-10-13(16)11-8-6-7-9-12(11)15(17)18/h6-9,13,16H,10H2,1-5H3. The van der Waals surface area contributed by atoms with Gasteiger partial charge in [-0.3, -0.25) is 10.1 Å². The number of nitro benzene ring substituents is 1. The fourth-order valence-corrected chi connectivity index (χ4v) is 2.54. The van der Waals surface area contributed by atoms with Crippen molar-refractivity contribution in [3.8, 4) is 0 Å². The highest BCUT2D eigenvalue weighted by Crippen LogP contribution is 2.37. The van der Waals surface area contributed by atoms with Gasteiger partial charge in [0, 0.05) is 6.07 Å². The van der Waals surface area contributed by atoms with Gasteiger partial charge in [0.2, 0.25) is 0 Å². The molecule has 0 fully saturated rings. The molecule has 0 aliphatic heterocycles. The van der Waals surface area contributed by atoms with Crippen LogP contribution in [0.25, 0.3) is 0 Å².